The fourth-order valence-corrected chi connectivity index (χ4v) is 3.01. The molecule has 3 rings (SSSR count). The molecule has 0 aliphatic carbocycles. The molecule has 24 heavy (non-hydrogen) atoms. The van der Waals surface area contributed by atoms with E-state index in [-0.39, 0.29) is 5.91 Å². The van der Waals surface area contributed by atoms with Gasteiger partial charge in [0, 0.05) is 31.2 Å². The van der Waals surface area contributed by atoms with E-state index >= 15 is 0 Å². The van der Waals surface area contributed by atoms with Crippen LogP contribution in [0.1, 0.15) is 12.8 Å². The predicted molar refractivity (Wildman–Crippen MR) is 91.7 cm³/mol. The van der Waals surface area contributed by atoms with Gasteiger partial charge in [0.25, 0.3) is 5.91 Å². The third kappa shape index (κ3) is 3.49. The lowest BCUT2D eigenvalue weighted by Gasteiger charge is -2.36. The van der Waals surface area contributed by atoms with Crippen molar-refractivity contribution in [3.05, 3.63) is 30.7 Å². The monoisotopic (exact) mass is 331 g/mol. The molecule has 3 heterocycles. The molecular formula is C16H25N7O. The molecule has 0 atom stereocenters. The van der Waals surface area contributed by atoms with Crippen LogP contribution in [0.4, 0.5) is 5.82 Å². The maximum atomic E-state index is 13.0. The summed E-state index contributed by atoms with van der Waals surface area (Å²) >= 11 is 0. The molecule has 0 saturated carbocycles. The number of hydrogen-bond donors (Lipinski definition) is 2. The largest absolute Gasteiger partial charge is 0.317 e. The lowest BCUT2D eigenvalue weighted by Crippen LogP contribution is -2.52. The van der Waals surface area contributed by atoms with Gasteiger partial charge >= 0.3 is 0 Å². The Balaban J connectivity index is 1.72. The van der Waals surface area contributed by atoms with Gasteiger partial charge < -0.3 is 15.5 Å². The first kappa shape index (κ1) is 16.7. The van der Waals surface area contributed by atoms with Gasteiger partial charge in [0.2, 0.25) is 0 Å². The smallest absolute Gasteiger partial charge is 0.253 e. The Bertz CT molecular complexity index is 656. The summed E-state index contributed by atoms with van der Waals surface area (Å²) in [7, 11) is 4.05. The van der Waals surface area contributed by atoms with Gasteiger partial charge in [0.15, 0.2) is 5.82 Å². The van der Waals surface area contributed by atoms with E-state index in [2.05, 4.69) is 25.7 Å². The number of piperidine rings is 1. The van der Waals surface area contributed by atoms with E-state index in [0.29, 0.717) is 18.7 Å². The number of hydrogen-bond acceptors (Lipinski definition) is 5. The minimum absolute atomic E-state index is 0.0504. The van der Waals surface area contributed by atoms with Crippen molar-refractivity contribution in [3.63, 3.8) is 0 Å². The molecule has 1 saturated heterocycles. The van der Waals surface area contributed by atoms with Gasteiger partial charge in [-0.2, -0.15) is 10.2 Å². The van der Waals surface area contributed by atoms with Crippen LogP contribution >= 0.6 is 0 Å². The summed E-state index contributed by atoms with van der Waals surface area (Å²) in [6.45, 7) is 3.28. The average molecular weight is 331 g/mol. The van der Waals surface area contributed by atoms with Crippen LogP contribution in [0.2, 0.25) is 0 Å². The van der Waals surface area contributed by atoms with Gasteiger partial charge in [-0.3, -0.25) is 14.2 Å². The number of carbonyl (C=O) groups is 1. The molecule has 0 aromatic carbocycles. The molecule has 0 radical (unpaired) electrons. The number of anilines is 1. The van der Waals surface area contributed by atoms with Crippen LogP contribution in [0, 0.1) is 0 Å². The quantitative estimate of drug-likeness (QED) is 0.799. The molecule has 1 aliphatic rings. The second-order valence-corrected chi connectivity index (χ2v) is 6.45. The molecule has 0 spiro atoms. The fraction of sp³-hybridized carbons (Fsp3) is 0.562. The number of rotatable bonds is 6. The number of carbonyl (C=O) groups excluding carboxylic acids is 1. The highest BCUT2D eigenvalue weighted by molar-refractivity contribution is 5.96. The minimum atomic E-state index is -0.651. The van der Waals surface area contributed by atoms with Gasteiger partial charge in [0.1, 0.15) is 5.54 Å². The highest BCUT2D eigenvalue weighted by Crippen LogP contribution is 2.28. The van der Waals surface area contributed by atoms with E-state index in [4.69, 9.17) is 0 Å². The Morgan fingerprint density at radius 3 is 2.83 bits per heavy atom. The summed E-state index contributed by atoms with van der Waals surface area (Å²) in [6.07, 6.45) is 6.89. The standard InChI is InChI=1S/C16H25N7O/c1-21(2)12-13-22-11-4-14(20-22)19-15(24)16(5-8-17-9-6-16)23-10-3-7-18-23/h3-4,7,10-11,17H,5-6,8-9,12-13H2,1-2H3,(H,19,20,24). The van der Waals surface area contributed by atoms with Gasteiger partial charge in [-0.15, -0.1) is 0 Å². The molecule has 2 aromatic rings. The molecule has 1 aliphatic heterocycles. The summed E-state index contributed by atoms with van der Waals surface area (Å²) in [5.74, 6) is 0.536. The zero-order chi connectivity index (χ0) is 17.0. The van der Waals surface area contributed by atoms with Crippen molar-refractivity contribution >= 4 is 11.7 Å². The third-order valence-corrected chi connectivity index (χ3v) is 4.45. The first-order chi connectivity index (χ1) is 11.6. The first-order valence-corrected chi connectivity index (χ1v) is 8.31. The van der Waals surface area contributed by atoms with Crippen molar-refractivity contribution < 1.29 is 4.79 Å². The Hall–Kier alpha value is -2.19. The molecule has 0 unspecified atom stereocenters. The fourth-order valence-electron chi connectivity index (χ4n) is 3.01. The first-order valence-electron chi connectivity index (χ1n) is 8.31. The Morgan fingerprint density at radius 1 is 1.38 bits per heavy atom. The van der Waals surface area contributed by atoms with Crippen molar-refractivity contribution in [1.82, 2.24) is 29.8 Å². The molecule has 8 nitrogen and oxygen atoms in total. The Morgan fingerprint density at radius 2 is 2.17 bits per heavy atom. The van der Waals surface area contributed by atoms with Gasteiger partial charge in [-0.1, -0.05) is 0 Å². The van der Waals surface area contributed by atoms with Crippen LogP contribution in [0.3, 0.4) is 0 Å². The van der Waals surface area contributed by atoms with Crippen LogP contribution < -0.4 is 10.6 Å². The van der Waals surface area contributed by atoms with Crippen molar-refractivity contribution in [2.45, 2.75) is 24.9 Å². The van der Waals surface area contributed by atoms with Crippen molar-refractivity contribution in [3.8, 4) is 0 Å². The third-order valence-electron chi connectivity index (χ3n) is 4.45. The molecule has 0 bridgehead atoms. The van der Waals surface area contributed by atoms with Crippen molar-refractivity contribution in [2.24, 2.45) is 0 Å². The lowest BCUT2D eigenvalue weighted by molar-refractivity contribution is -0.126. The number of nitrogens with one attached hydrogen (secondary N) is 2. The van der Waals surface area contributed by atoms with E-state index in [0.717, 1.165) is 26.2 Å². The van der Waals surface area contributed by atoms with Crippen LogP contribution in [-0.2, 0) is 16.9 Å². The van der Waals surface area contributed by atoms with E-state index in [9.17, 15) is 4.79 Å². The molecule has 8 heteroatoms. The number of nitrogens with zero attached hydrogens (tertiary/aromatic N) is 5. The lowest BCUT2D eigenvalue weighted by atomic mass is 9.87. The molecule has 1 fully saturated rings. The van der Waals surface area contributed by atoms with E-state index in [1.54, 1.807) is 10.9 Å². The van der Waals surface area contributed by atoms with Gasteiger partial charge in [-0.25, -0.2) is 0 Å². The highest BCUT2D eigenvalue weighted by Gasteiger charge is 2.42. The topological polar surface area (TPSA) is 80.0 Å². The van der Waals surface area contributed by atoms with Gasteiger partial charge in [-0.05, 0) is 46.1 Å². The van der Waals surface area contributed by atoms with Crippen molar-refractivity contribution in [1.29, 1.82) is 0 Å². The number of likely N-dealkylation sites (N-methyl/N-ethyl adjacent to an activating group) is 1. The molecule has 2 aromatic heterocycles. The highest BCUT2D eigenvalue weighted by atomic mass is 16.2. The second kappa shape index (κ2) is 7.14. The minimum Gasteiger partial charge on any atom is -0.317 e. The summed E-state index contributed by atoms with van der Waals surface area (Å²) in [5.41, 5.74) is -0.651. The normalized spacial score (nSPS) is 17.1. The van der Waals surface area contributed by atoms with Crippen LogP contribution in [0.5, 0.6) is 0 Å². The van der Waals surface area contributed by atoms with Crippen molar-refractivity contribution in [2.75, 3.05) is 39.0 Å². The zero-order valence-corrected chi connectivity index (χ0v) is 14.3. The van der Waals surface area contributed by atoms with Crippen LogP contribution in [-0.4, -0.2) is 64.1 Å². The van der Waals surface area contributed by atoms with E-state index in [1.165, 1.54) is 0 Å². The molecule has 130 valence electrons. The van der Waals surface area contributed by atoms with E-state index < -0.39 is 5.54 Å². The molecule has 2 N–H and O–H groups in total. The van der Waals surface area contributed by atoms with Gasteiger partial charge in [0.05, 0.1) is 6.54 Å². The molecular weight excluding hydrogens is 306 g/mol. The summed E-state index contributed by atoms with van der Waals surface area (Å²) in [4.78, 5) is 15.1. The maximum Gasteiger partial charge on any atom is 0.253 e. The van der Waals surface area contributed by atoms with Crippen LogP contribution in [0.25, 0.3) is 0 Å². The summed E-state index contributed by atoms with van der Waals surface area (Å²) in [5, 5.41) is 15.0. The predicted octanol–water partition coefficient (Wildman–Crippen LogP) is 0.359. The average Bonchev–Trinajstić information content (AvgIpc) is 3.25. The zero-order valence-electron chi connectivity index (χ0n) is 14.3. The second-order valence-electron chi connectivity index (χ2n) is 6.45. The summed E-state index contributed by atoms with van der Waals surface area (Å²) < 4.78 is 3.63. The van der Waals surface area contributed by atoms with Crippen LogP contribution in [0.15, 0.2) is 30.7 Å². The van der Waals surface area contributed by atoms with E-state index in [1.807, 2.05) is 43.3 Å². The Kier molecular flexibility index (Phi) is 4.96. The molecule has 1 amide bonds. The Labute approximate surface area is 141 Å². The number of amides is 1. The summed E-state index contributed by atoms with van der Waals surface area (Å²) in [6, 6.07) is 3.69. The SMILES string of the molecule is CN(C)CCn1ccc(NC(=O)C2(n3cccn3)CCNCC2)n1. The maximum absolute atomic E-state index is 13.0. The number of aromatic nitrogens is 4.